The molecule has 0 aliphatic carbocycles. The maximum absolute atomic E-state index is 5.91. The first-order chi connectivity index (χ1) is 7.75. The van der Waals surface area contributed by atoms with Crippen LogP contribution in [0.3, 0.4) is 0 Å². The number of anilines is 2. The number of rotatable bonds is 4. The van der Waals surface area contributed by atoms with Crippen LogP contribution in [0.5, 0.6) is 0 Å². The normalized spacial score (nSPS) is 10.3. The Labute approximate surface area is 95.7 Å². The lowest BCUT2D eigenvalue weighted by atomic mass is 10.2. The standard InChI is InChI=1S/C13H17N3/c1-10-4-5-13(12(14)9-10)16-8-6-11-3-2-7-15-11/h2-5,7,9,15-16H,6,8,14H2,1H3. The predicted molar refractivity (Wildman–Crippen MR) is 68.6 cm³/mol. The Bertz CT molecular complexity index is 446. The molecule has 3 nitrogen and oxygen atoms in total. The van der Waals surface area contributed by atoms with Crippen LogP contribution in [0.4, 0.5) is 11.4 Å². The third kappa shape index (κ3) is 2.57. The van der Waals surface area contributed by atoms with Gasteiger partial charge in [0.1, 0.15) is 0 Å². The van der Waals surface area contributed by atoms with Gasteiger partial charge in [-0.05, 0) is 36.8 Å². The number of hydrogen-bond donors (Lipinski definition) is 3. The number of hydrogen-bond acceptors (Lipinski definition) is 2. The van der Waals surface area contributed by atoms with Crippen molar-refractivity contribution in [1.82, 2.24) is 4.98 Å². The molecule has 4 N–H and O–H groups in total. The molecule has 0 bridgehead atoms. The van der Waals surface area contributed by atoms with Crippen molar-refractivity contribution in [3.05, 3.63) is 47.8 Å². The summed E-state index contributed by atoms with van der Waals surface area (Å²) in [6.07, 6.45) is 2.91. The lowest BCUT2D eigenvalue weighted by Gasteiger charge is -2.09. The van der Waals surface area contributed by atoms with Gasteiger partial charge < -0.3 is 16.0 Å². The largest absolute Gasteiger partial charge is 0.397 e. The van der Waals surface area contributed by atoms with Crippen molar-refractivity contribution in [3.8, 4) is 0 Å². The number of benzene rings is 1. The molecule has 1 heterocycles. The second-order valence-electron chi connectivity index (χ2n) is 3.96. The van der Waals surface area contributed by atoms with Gasteiger partial charge in [-0.2, -0.15) is 0 Å². The minimum Gasteiger partial charge on any atom is -0.397 e. The van der Waals surface area contributed by atoms with E-state index < -0.39 is 0 Å². The van der Waals surface area contributed by atoms with Gasteiger partial charge in [0.2, 0.25) is 0 Å². The Balaban J connectivity index is 1.90. The minimum atomic E-state index is 0.812. The lowest BCUT2D eigenvalue weighted by molar-refractivity contribution is 0.977. The van der Waals surface area contributed by atoms with Crippen LogP contribution < -0.4 is 11.1 Å². The Morgan fingerprint density at radius 1 is 1.31 bits per heavy atom. The summed E-state index contributed by atoms with van der Waals surface area (Å²) in [6, 6.07) is 10.2. The quantitative estimate of drug-likeness (QED) is 0.686. The average molecular weight is 215 g/mol. The topological polar surface area (TPSA) is 53.8 Å². The number of nitrogen functional groups attached to an aromatic ring is 1. The maximum atomic E-state index is 5.91. The van der Waals surface area contributed by atoms with Crippen molar-refractivity contribution in [3.63, 3.8) is 0 Å². The van der Waals surface area contributed by atoms with Gasteiger partial charge in [-0.15, -0.1) is 0 Å². The van der Waals surface area contributed by atoms with Crippen LogP contribution in [0, 0.1) is 6.92 Å². The highest BCUT2D eigenvalue weighted by atomic mass is 14.9. The zero-order chi connectivity index (χ0) is 11.4. The number of aromatic nitrogens is 1. The Morgan fingerprint density at radius 2 is 2.19 bits per heavy atom. The van der Waals surface area contributed by atoms with Crippen LogP contribution in [0.1, 0.15) is 11.3 Å². The number of nitrogens with two attached hydrogens (primary N) is 1. The molecule has 1 aromatic heterocycles. The molecule has 0 aliphatic heterocycles. The Hall–Kier alpha value is -1.90. The van der Waals surface area contributed by atoms with E-state index >= 15 is 0 Å². The molecule has 0 atom stereocenters. The monoisotopic (exact) mass is 215 g/mol. The summed E-state index contributed by atoms with van der Waals surface area (Å²) in [7, 11) is 0. The number of aromatic amines is 1. The summed E-state index contributed by atoms with van der Waals surface area (Å²) in [5, 5.41) is 3.33. The van der Waals surface area contributed by atoms with Crippen LogP contribution in [0.15, 0.2) is 36.5 Å². The second-order valence-corrected chi connectivity index (χ2v) is 3.96. The summed E-state index contributed by atoms with van der Waals surface area (Å²) < 4.78 is 0. The fourth-order valence-electron chi connectivity index (χ4n) is 1.70. The zero-order valence-electron chi connectivity index (χ0n) is 9.46. The first-order valence-corrected chi connectivity index (χ1v) is 5.48. The summed E-state index contributed by atoms with van der Waals surface area (Å²) in [6.45, 7) is 2.92. The molecule has 2 aromatic rings. The van der Waals surface area contributed by atoms with Crippen LogP contribution in [-0.4, -0.2) is 11.5 Å². The molecule has 16 heavy (non-hydrogen) atoms. The molecule has 3 heteroatoms. The van der Waals surface area contributed by atoms with Gasteiger partial charge in [-0.25, -0.2) is 0 Å². The van der Waals surface area contributed by atoms with Crippen LogP contribution in [0.25, 0.3) is 0 Å². The summed E-state index contributed by atoms with van der Waals surface area (Å²) in [4.78, 5) is 3.18. The summed E-state index contributed by atoms with van der Waals surface area (Å²) in [5.41, 5.74) is 10.2. The molecule has 0 saturated heterocycles. The van der Waals surface area contributed by atoms with E-state index in [-0.39, 0.29) is 0 Å². The van der Waals surface area contributed by atoms with E-state index in [1.807, 2.05) is 31.3 Å². The average Bonchev–Trinajstić information content (AvgIpc) is 2.74. The highest BCUT2D eigenvalue weighted by molar-refractivity contribution is 5.66. The van der Waals surface area contributed by atoms with E-state index in [9.17, 15) is 0 Å². The molecule has 0 aliphatic rings. The Morgan fingerprint density at radius 3 is 2.88 bits per heavy atom. The van der Waals surface area contributed by atoms with Gasteiger partial charge in [0.15, 0.2) is 0 Å². The van der Waals surface area contributed by atoms with Gasteiger partial charge in [-0.1, -0.05) is 6.07 Å². The van der Waals surface area contributed by atoms with Crippen molar-refractivity contribution >= 4 is 11.4 Å². The molecule has 0 amide bonds. The van der Waals surface area contributed by atoms with Crippen molar-refractivity contribution in [2.75, 3.05) is 17.6 Å². The SMILES string of the molecule is Cc1ccc(NCCc2ccc[nH]2)c(N)c1. The summed E-state index contributed by atoms with van der Waals surface area (Å²) >= 11 is 0. The molecule has 0 saturated carbocycles. The molecule has 0 radical (unpaired) electrons. The van der Waals surface area contributed by atoms with E-state index in [4.69, 9.17) is 5.73 Å². The first kappa shape index (κ1) is 10.6. The molecule has 2 rings (SSSR count). The van der Waals surface area contributed by atoms with Gasteiger partial charge >= 0.3 is 0 Å². The van der Waals surface area contributed by atoms with Crippen LogP contribution in [-0.2, 0) is 6.42 Å². The fraction of sp³-hybridized carbons (Fsp3) is 0.231. The number of nitrogens with one attached hydrogen (secondary N) is 2. The van der Waals surface area contributed by atoms with Gasteiger partial charge in [0.05, 0.1) is 11.4 Å². The van der Waals surface area contributed by atoms with Crippen molar-refractivity contribution in [2.45, 2.75) is 13.3 Å². The third-order valence-corrected chi connectivity index (χ3v) is 2.58. The zero-order valence-corrected chi connectivity index (χ0v) is 9.46. The maximum Gasteiger partial charge on any atom is 0.0574 e. The van der Waals surface area contributed by atoms with Gasteiger partial charge in [0, 0.05) is 24.9 Å². The first-order valence-electron chi connectivity index (χ1n) is 5.48. The molecular formula is C13H17N3. The summed E-state index contributed by atoms with van der Waals surface area (Å²) in [5.74, 6) is 0. The highest BCUT2D eigenvalue weighted by Crippen LogP contribution is 2.19. The number of aryl methyl sites for hydroxylation is 1. The third-order valence-electron chi connectivity index (χ3n) is 2.58. The van der Waals surface area contributed by atoms with Gasteiger partial charge in [0.25, 0.3) is 0 Å². The van der Waals surface area contributed by atoms with E-state index in [1.165, 1.54) is 11.3 Å². The van der Waals surface area contributed by atoms with Crippen LogP contribution >= 0.6 is 0 Å². The number of H-pyrrole nitrogens is 1. The van der Waals surface area contributed by atoms with Crippen molar-refractivity contribution < 1.29 is 0 Å². The molecular weight excluding hydrogens is 198 g/mol. The minimum absolute atomic E-state index is 0.812. The smallest absolute Gasteiger partial charge is 0.0574 e. The second kappa shape index (κ2) is 4.75. The van der Waals surface area contributed by atoms with E-state index in [1.54, 1.807) is 0 Å². The van der Waals surface area contributed by atoms with E-state index in [0.717, 1.165) is 24.3 Å². The van der Waals surface area contributed by atoms with Crippen LogP contribution in [0.2, 0.25) is 0 Å². The van der Waals surface area contributed by atoms with E-state index in [0.29, 0.717) is 0 Å². The molecule has 0 unspecified atom stereocenters. The van der Waals surface area contributed by atoms with E-state index in [2.05, 4.69) is 22.4 Å². The lowest BCUT2D eigenvalue weighted by Crippen LogP contribution is -2.07. The fourth-order valence-corrected chi connectivity index (χ4v) is 1.70. The predicted octanol–water partition coefficient (Wildman–Crippen LogP) is 2.56. The highest BCUT2D eigenvalue weighted by Gasteiger charge is 1.98. The molecule has 1 aromatic carbocycles. The van der Waals surface area contributed by atoms with Gasteiger partial charge in [-0.3, -0.25) is 0 Å². The molecule has 0 fully saturated rings. The Kier molecular flexibility index (Phi) is 3.15. The van der Waals surface area contributed by atoms with Crippen molar-refractivity contribution in [1.29, 1.82) is 0 Å². The molecule has 84 valence electrons. The van der Waals surface area contributed by atoms with Crippen molar-refractivity contribution in [2.24, 2.45) is 0 Å². The molecule has 0 spiro atoms.